The Bertz CT molecular complexity index is 866. The van der Waals surface area contributed by atoms with Crippen molar-refractivity contribution in [1.82, 2.24) is 4.72 Å². The third kappa shape index (κ3) is 7.38. The van der Waals surface area contributed by atoms with Gasteiger partial charge in [-0.2, -0.15) is 0 Å². The number of benzene rings is 2. The van der Waals surface area contributed by atoms with Crippen LogP contribution in [-0.2, 0) is 10.0 Å². The summed E-state index contributed by atoms with van der Waals surface area (Å²) in [6.45, 7) is 2.16. The topological polar surface area (TPSA) is 55.4 Å². The van der Waals surface area contributed by atoms with Gasteiger partial charge in [-0.3, -0.25) is 0 Å². The number of nitrogens with one attached hydrogen (secondary N) is 1. The van der Waals surface area contributed by atoms with Crippen LogP contribution in [0.15, 0.2) is 59.5 Å². The van der Waals surface area contributed by atoms with E-state index in [-0.39, 0.29) is 10.9 Å². The molecule has 5 heteroatoms. The molecule has 0 aliphatic heterocycles. The first-order valence-electron chi connectivity index (χ1n) is 9.75. The van der Waals surface area contributed by atoms with Crippen LogP contribution in [0, 0.1) is 11.8 Å². The van der Waals surface area contributed by atoms with Crippen molar-refractivity contribution in [3.8, 4) is 17.6 Å². The monoisotopic (exact) mass is 399 g/mol. The number of hydrogen-bond acceptors (Lipinski definition) is 3. The van der Waals surface area contributed by atoms with Gasteiger partial charge in [-0.15, -0.1) is 0 Å². The maximum atomic E-state index is 12.8. The zero-order chi connectivity index (χ0) is 20.2. The molecule has 0 radical (unpaired) electrons. The highest BCUT2D eigenvalue weighted by Gasteiger charge is 2.19. The molecule has 2 aromatic rings. The molecule has 0 aromatic heterocycles. The minimum absolute atomic E-state index is 0.208. The maximum Gasteiger partial charge on any atom is 0.240 e. The van der Waals surface area contributed by atoms with Crippen molar-refractivity contribution < 1.29 is 13.2 Å². The fourth-order valence-electron chi connectivity index (χ4n) is 2.86. The Morgan fingerprint density at radius 1 is 1.00 bits per heavy atom. The third-order valence-corrected chi connectivity index (χ3v) is 5.99. The Morgan fingerprint density at radius 3 is 2.36 bits per heavy atom. The van der Waals surface area contributed by atoms with Crippen molar-refractivity contribution in [2.24, 2.45) is 0 Å². The van der Waals surface area contributed by atoms with Crippen LogP contribution in [0.5, 0.6) is 5.75 Å². The van der Waals surface area contributed by atoms with Gasteiger partial charge >= 0.3 is 0 Å². The van der Waals surface area contributed by atoms with Crippen LogP contribution in [0.25, 0.3) is 0 Å². The predicted molar refractivity (Wildman–Crippen MR) is 114 cm³/mol. The van der Waals surface area contributed by atoms with Crippen molar-refractivity contribution in [2.45, 2.75) is 56.4 Å². The zero-order valence-corrected chi connectivity index (χ0v) is 17.5. The Labute approximate surface area is 169 Å². The van der Waals surface area contributed by atoms with Crippen LogP contribution in [-0.4, -0.2) is 21.6 Å². The van der Waals surface area contributed by atoms with Crippen LogP contribution < -0.4 is 9.46 Å². The highest BCUT2D eigenvalue weighted by atomic mass is 32.2. The lowest BCUT2D eigenvalue weighted by atomic mass is 10.1. The minimum atomic E-state index is -3.60. The summed E-state index contributed by atoms with van der Waals surface area (Å²) in [5.41, 5.74) is 0.935. The van der Waals surface area contributed by atoms with Gasteiger partial charge in [0.05, 0.1) is 12.0 Å². The molecule has 28 heavy (non-hydrogen) atoms. The molecule has 0 heterocycles. The molecule has 0 amide bonds. The average Bonchev–Trinajstić information content (AvgIpc) is 2.71. The average molecular weight is 400 g/mol. The van der Waals surface area contributed by atoms with E-state index in [1.54, 1.807) is 31.4 Å². The molecule has 0 aliphatic rings. The van der Waals surface area contributed by atoms with E-state index >= 15 is 0 Å². The minimum Gasteiger partial charge on any atom is -0.497 e. The lowest BCUT2D eigenvalue weighted by molar-refractivity contribution is 0.414. The van der Waals surface area contributed by atoms with Gasteiger partial charge in [-0.05, 0) is 42.8 Å². The van der Waals surface area contributed by atoms with E-state index in [0.717, 1.165) is 37.7 Å². The molecule has 0 aliphatic carbocycles. The lowest BCUT2D eigenvalue weighted by Crippen LogP contribution is -2.34. The second kappa shape index (κ2) is 11.5. The summed E-state index contributed by atoms with van der Waals surface area (Å²) >= 11 is 0. The predicted octanol–water partition coefficient (Wildman–Crippen LogP) is 4.75. The molecule has 1 N–H and O–H groups in total. The maximum absolute atomic E-state index is 12.8. The lowest BCUT2D eigenvalue weighted by Gasteiger charge is -2.17. The molecule has 150 valence electrons. The number of rotatable bonds is 10. The molecule has 0 saturated carbocycles. The molecule has 0 saturated heterocycles. The molecule has 0 spiro atoms. The van der Waals surface area contributed by atoms with Gasteiger partial charge in [-0.1, -0.05) is 62.6 Å². The summed E-state index contributed by atoms with van der Waals surface area (Å²) in [6, 6.07) is 16.0. The largest absolute Gasteiger partial charge is 0.497 e. The van der Waals surface area contributed by atoms with Gasteiger partial charge < -0.3 is 4.74 Å². The first-order valence-corrected chi connectivity index (χ1v) is 11.2. The number of unbranched alkanes of at least 4 members (excludes halogenated alkanes) is 3. The van der Waals surface area contributed by atoms with E-state index in [0.29, 0.717) is 12.2 Å². The summed E-state index contributed by atoms with van der Waals surface area (Å²) in [7, 11) is -2.04. The summed E-state index contributed by atoms with van der Waals surface area (Å²) < 4.78 is 33.5. The highest BCUT2D eigenvalue weighted by molar-refractivity contribution is 7.89. The van der Waals surface area contributed by atoms with E-state index in [4.69, 9.17) is 4.74 Å². The third-order valence-electron chi connectivity index (χ3n) is 4.45. The smallest absolute Gasteiger partial charge is 0.240 e. The molecule has 2 rings (SSSR count). The van der Waals surface area contributed by atoms with Crippen LogP contribution in [0.3, 0.4) is 0 Å². The molecule has 0 bridgehead atoms. The summed E-state index contributed by atoms with van der Waals surface area (Å²) in [4.78, 5) is 0.239. The molecule has 0 fully saturated rings. The normalized spacial score (nSPS) is 12.1. The van der Waals surface area contributed by atoms with Gasteiger partial charge in [0.15, 0.2) is 0 Å². The van der Waals surface area contributed by atoms with Crippen LogP contribution >= 0.6 is 0 Å². The number of ether oxygens (including phenoxy) is 1. The molecular weight excluding hydrogens is 370 g/mol. The summed E-state index contributed by atoms with van der Waals surface area (Å²) in [5, 5.41) is 0. The first-order chi connectivity index (χ1) is 13.5. The van der Waals surface area contributed by atoms with Crippen LogP contribution in [0.4, 0.5) is 0 Å². The van der Waals surface area contributed by atoms with Crippen molar-refractivity contribution in [3.05, 3.63) is 60.2 Å². The zero-order valence-electron chi connectivity index (χ0n) is 16.6. The molecule has 2 aromatic carbocycles. The Balaban J connectivity index is 2.07. The fourth-order valence-corrected chi connectivity index (χ4v) is 4.13. The fraction of sp³-hybridized carbons (Fsp3) is 0.391. The number of sulfonamides is 1. The second-order valence-corrected chi connectivity index (χ2v) is 8.43. The van der Waals surface area contributed by atoms with E-state index in [9.17, 15) is 8.42 Å². The van der Waals surface area contributed by atoms with Gasteiger partial charge in [0.25, 0.3) is 0 Å². The highest BCUT2D eigenvalue weighted by Crippen LogP contribution is 2.17. The Hall–Kier alpha value is -2.29. The standard InChI is InChI=1S/C23H29NO3S/c1-3-4-5-9-14-21(15-10-13-20-11-7-6-8-12-20)24-28(25,26)23-18-16-22(27-2)17-19-23/h6-8,11-12,16-19,21,24H,3-5,9,14-15H2,1-2H3/t21-/m1/s1. The molecule has 0 unspecified atom stereocenters. The summed E-state index contributed by atoms with van der Waals surface area (Å²) in [5.74, 6) is 6.88. The van der Waals surface area contributed by atoms with E-state index < -0.39 is 10.0 Å². The summed E-state index contributed by atoms with van der Waals surface area (Å²) in [6.07, 6.45) is 5.65. The van der Waals surface area contributed by atoms with E-state index in [2.05, 4.69) is 23.5 Å². The molecular formula is C23H29NO3S. The van der Waals surface area contributed by atoms with Crippen LogP contribution in [0.1, 0.15) is 51.0 Å². The van der Waals surface area contributed by atoms with Crippen molar-refractivity contribution in [2.75, 3.05) is 7.11 Å². The van der Waals surface area contributed by atoms with Crippen molar-refractivity contribution in [1.29, 1.82) is 0 Å². The quantitative estimate of drug-likeness (QED) is 0.463. The van der Waals surface area contributed by atoms with Crippen molar-refractivity contribution in [3.63, 3.8) is 0 Å². The Morgan fingerprint density at radius 2 is 1.71 bits per heavy atom. The molecule has 1 atom stereocenters. The van der Waals surface area contributed by atoms with Gasteiger partial charge in [-0.25, -0.2) is 13.1 Å². The second-order valence-electron chi connectivity index (χ2n) is 6.72. The number of hydrogen-bond donors (Lipinski definition) is 1. The van der Waals surface area contributed by atoms with Gasteiger partial charge in [0, 0.05) is 18.0 Å². The number of methoxy groups -OCH3 is 1. The van der Waals surface area contributed by atoms with Gasteiger partial charge in [0.2, 0.25) is 10.0 Å². The SMILES string of the molecule is CCCCCC[C@H](CC#Cc1ccccc1)NS(=O)(=O)c1ccc(OC)cc1. The van der Waals surface area contributed by atoms with Crippen molar-refractivity contribution >= 4 is 10.0 Å². The van der Waals surface area contributed by atoms with Crippen LogP contribution in [0.2, 0.25) is 0 Å². The van der Waals surface area contributed by atoms with E-state index in [1.807, 2.05) is 30.3 Å². The first kappa shape index (κ1) is 22.0. The molecule has 4 nitrogen and oxygen atoms in total. The van der Waals surface area contributed by atoms with Gasteiger partial charge in [0.1, 0.15) is 5.75 Å². The Kier molecular flexibility index (Phi) is 9.06. The van der Waals surface area contributed by atoms with E-state index in [1.165, 1.54) is 0 Å².